The van der Waals surface area contributed by atoms with Gasteiger partial charge in [0.2, 0.25) is 0 Å². The number of benzene rings is 1. The Balaban J connectivity index is 0.000000207. The van der Waals surface area contributed by atoms with Crippen molar-refractivity contribution in [3.63, 3.8) is 0 Å². The van der Waals surface area contributed by atoms with Gasteiger partial charge in [0.05, 0.1) is 13.2 Å². The molecule has 0 aromatic heterocycles. The number of halogens is 1. The minimum atomic E-state index is -0.676. The highest BCUT2D eigenvalue weighted by Gasteiger charge is 2.29. The highest BCUT2D eigenvalue weighted by molar-refractivity contribution is 9.10. The predicted octanol–water partition coefficient (Wildman–Crippen LogP) is 4.30. The quantitative estimate of drug-likeness (QED) is 0.373. The van der Waals surface area contributed by atoms with Crippen LogP contribution in [0, 0.1) is 0 Å². The maximum absolute atomic E-state index is 11.5. The van der Waals surface area contributed by atoms with E-state index in [0.717, 1.165) is 12.8 Å². The van der Waals surface area contributed by atoms with E-state index in [1.54, 1.807) is 13.8 Å². The molecule has 3 rings (SSSR count). The Labute approximate surface area is 180 Å². The Morgan fingerprint density at radius 3 is 2.17 bits per heavy atom. The van der Waals surface area contributed by atoms with Crippen LogP contribution in [-0.2, 0) is 28.6 Å². The molecule has 2 atom stereocenters. The minimum Gasteiger partial charge on any atom is -0.466 e. The predicted molar refractivity (Wildman–Crippen MR) is 112 cm³/mol. The third-order valence-electron chi connectivity index (χ3n) is 4.83. The van der Waals surface area contributed by atoms with Crippen molar-refractivity contribution in [1.82, 2.24) is 0 Å². The Hall–Kier alpha value is -1.89. The van der Waals surface area contributed by atoms with Gasteiger partial charge >= 0.3 is 17.9 Å². The summed E-state index contributed by atoms with van der Waals surface area (Å²) < 4.78 is 14.5. The van der Waals surface area contributed by atoms with Crippen molar-refractivity contribution >= 4 is 33.8 Å². The molecule has 0 N–H and O–H groups in total. The Bertz CT molecular complexity index is 682. The minimum absolute atomic E-state index is 0.0524. The van der Waals surface area contributed by atoms with Crippen molar-refractivity contribution < 1.29 is 28.6 Å². The standard InChI is InChI=1S/C12H14O2.C10H15BrO4/c13-12-7-6-11(8-9-14-12)10-4-2-1-3-5-10;1-10(2,11)9(13)15-7-3-4-8(12)14-6-5-7/h1-5,11H,6-9H2;7H,3-6H2,1-2H3. The number of alkyl halides is 1. The van der Waals surface area contributed by atoms with E-state index in [0.29, 0.717) is 44.8 Å². The summed E-state index contributed by atoms with van der Waals surface area (Å²) >= 11 is 3.23. The van der Waals surface area contributed by atoms with Gasteiger partial charge in [-0.2, -0.15) is 0 Å². The topological polar surface area (TPSA) is 78.9 Å². The lowest BCUT2D eigenvalue weighted by Gasteiger charge is -2.20. The third kappa shape index (κ3) is 8.56. The van der Waals surface area contributed by atoms with Gasteiger partial charge < -0.3 is 14.2 Å². The van der Waals surface area contributed by atoms with Crippen LogP contribution in [0.3, 0.4) is 0 Å². The molecule has 6 nitrogen and oxygen atoms in total. The number of hydrogen-bond acceptors (Lipinski definition) is 6. The molecule has 160 valence electrons. The van der Waals surface area contributed by atoms with Crippen LogP contribution in [0.4, 0.5) is 0 Å². The average molecular weight is 469 g/mol. The molecule has 0 saturated carbocycles. The highest BCUT2D eigenvalue weighted by Crippen LogP contribution is 2.27. The van der Waals surface area contributed by atoms with Gasteiger partial charge in [0.25, 0.3) is 0 Å². The summed E-state index contributed by atoms with van der Waals surface area (Å²) in [6.07, 6.45) is 3.67. The van der Waals surface area contributed by atoms with Gasteiger partial charge in [-0.05, 0) is 44.6 Å². The summed E-state index contributed by atoms with van der Waals surface area (Å²) in [5.41, 5.74) is 1.32. The second kappa shape index (κ2) is 11.3. The lowest BCUT2D eigenvalue weighted by Crippen LogP contribution is -2.31. The van der Waals surface area contributed by atoms with E-state index in [1.165, 1.54) is 5.56 Å². The monoisotopic (exact) mass is 468 g/mol. The zero-order valence-electron chi connectivity index (χ0n) is 17.0. The fourth-order valence-electron chi connectivity index (χ4n) is 3.09. The van der Waals surface area contributed by atoms with Crippen molar-refractivity contribution in [2.45, 2.75) is 68.7 Å². The summed E-state index contributed by atoms with van der Waals surface area (Å²) in [5.74, 6) is -0.0837. The molecule has 7 heteroatoms. The van der Waals surface area contributed by atoms with Gasteiger partial charge in [-0.25, -0.2) is 0 Å². The Morgan fingerprint density at radius 1 is 0.966 bits per heavy atom. The average Bonchev–Trinajstić information content (AvgIpc) is 3.02. The molecule has 2 saturated heterocycles. The molecule has 2 aliphatic heterocycles. The second-order valence-corrected chi connectivity index (χ2v) is 9.69. The van der Waals surface area contributed by atoms with Gasteiger partial charge in [-0.1, -0.05) is 46.3 Å². The van der Waals surface area contributed by atoms with Crippen molar-refractivity contribution in [2.24, 2.45) is 0 Å². The van der Waals surface area contributed by atoms with E-state index < -0.39 is 4.32 Å². The van der Waals surface area contributed by atoms with Crippen LogP contribution in [0.2, 0.25) is 0 Å². The largest absolute Gasteiger partial charge is 0.466 e. The van der Waals surface area contributed by atoms with Crippen molar-refractivity contribution in [1.29, 1.82) is 0 Å². The molecule has 0 spiro atoms. The lowest BCUT2D eigenvalue weighted by atomic mass is 9.92. The Kier molecular flexibility index (Phi) is 9.14. The van der Waals surface area contributed by atoms with Gasteiger partial charge in [0.15, 0.2) is 0 Å². The van der Waals surface area contributed by atoms with Gasteiger partial charge in [-0.3, -0.25) is 14.4 Å². The summed E-state index contributed by atoms with van der Waals surface area (Å²) in [6, 6.07) is 10.4. The van der Waals surface area contributed by atoms with Crippen LogP contribution in [0.5, 0.6) is 0 Å². The molecule has 1 aromatic rings. The molecule has 0 aliphatic carbocycles. The van der Waals surface area contributed by atoms with Crippen LogP contribution >= 0.6 is 15.9 Å². The zero-order chi connectivity index (χ0) is 21.3. The van der Waals surface area contributed by atoms with E-state index in [9.17, 15) is 14.4 Å². The number of cyclic esters (lactones) is 2. The summed E-state index contributed by atoms with van der Waals surface area (Å²) in [4.78, 5) is 33.5. The SMILES string of the molecule is CC(C)(Br)C(=O)OC1CCOC(=O)CC1.O=C1CCC(c2ccccc2)CCO1. The first-order chi connectivity index (χ1) is 13.8. The molecule has 2 heterocycles. The molecule has 2 unspecified atom stereocenters. The third-order valence-corrected chi connectivity index (χ3v) is 5.15. The second-order valence-electron chi connectivity index (χ2n) is 7.70. The van der Waals surface area contributed by atoms with Crippen molar-refractivity contribution in [2.75, 3.05) is 13.2 Å². The molecule has 2 aliphatic rings. The van der Waals surface area contributed by atoms with Gasteiger partial charge in [0, 0.05) is 19.3 Å². The summed E-state index contributed by atoms with van der Waals surface area (Å²) in [5, 5.41) is 0. The van der Waals surface area contributed by atoms with Gasteiger partial charge in [0.1, 0.15) is 10.4 Å². The number of ether oxygens (including phenoxy) is 3. The lowest BCUT2D eigenvalue weighted by molar-refractivity contribution is -0.151. The first-order valence-electron chi connectivity index (χ1n) is 10.0. The number of carbonyl (C=O) groups is 3. The summed E-state index contributed by atoms with van der Waals surface area (Å²) in [7, 11) is 0. The number of esters is 3. The molecule has 0 amide bonds. The van der Waals surface area contributed by atoms with Crippen LogP contribution in [0.1, 0.15) is 63.9 Å². The van der Waals surface area contributed by atoms with Crippen LogP contribution < -0.4 is 0 Å². The molecule has 0 bridgehead atoms. The van der Waals surface area contributed by atoms with Crippen LogP contribution in [0.25, 0.3) is 0 Å². The normalized spacial score (nSPS) is 22.7. The first kappa shape index (κ1) is 23.4. The summed E-state index contributed by atoms with van der Waals surface area (Å²) in [6.45, 7) is 4.36. The van der Waals surface area contributed by atoms with Gasteiger partial charge in [-0.15, -0.1) is 0 Å². The first-order valence-corrected chi connectivity index (χ1v) is 10.8. The maximum Gasteiger partial charge on any atom is 0.322 e. The van der Waals surface area contributed by atoms with E-state index in [4.69, 9.17) is 14.2 Å². The molecule has 2 fully saturated rings. The smallest absolute Gasteiger partial charge is 0.322 e. The fourth-order valence-corrected chi connectivity index (χ4v) is 3.18. The fraction of sp³-hybridized carbons (Fsp3) is 0.591. The van der Waals surface area contributed by atoms with Crippen LogP contribution in [0.15, 0.2) is 30.3 Å². The molecule has 1 aromatic carbocycles. The number of rotatable bonds is 3. The number of carbonyl (C=O) groups excluding carboxylic acids is 3. The molecule has 29 heavy (non-hydrogen) atoms. The van der Waals surface area contributed by atoms with Crippen molar-refractivity contribution in [3.8, 4) is 0 Å². The highest BCUT2D eigenvalue weighted by atomic mass is 79.9. The van der Waals surface area contributed by atoms with Crippen LogP contribution in [-0.4, -0.2) is 41.5 Å². The van der Waals surface area contributed by atoms with E-state index in [-0.39, 0.29) is 24.0 Å². The van der Waals surface area contributed by atoms with E-state index in [2.05, 4.69) is 28.1 Å². The Morgan fingerprint density at radius 2 is 1.55 bits per heavy atom. The molecular weight excluding hydrogens is 440 g/mol. The zero-order valence-corrected chi connectivity index (χ0v) is 18.6. The molecule has 0 radical (unpaired) electrons. The van der Waals surface area contributed by atoms with E-state index in [1.807, 2.05) is 18.2 Å². The molecular formula is C22H29BrO6. The van der Waals surface area contributed by atoms with E-state index >= 15 is 0 Å². The van der Waals surface area contributed by atoms with Crippen molar-refractivity contribution in [3.05, 3.63) is 35.9 Å². The maximum atomic E-state index is 11.5. The number of hydrogen-bond donors (Lipinski definition) is 0.